The summed E-state index contributed by atoms with van der Waals surface area (Å²) in [7, 11) is 0. The van der Waals surface area contributed by atoms with Crippen LogP contribution in [-0.2, 0) is 0 Å². The maximum absolute atomic E-state index is 12.9. The number of benzene rings is 1. The third-order valence-electron chi connectivity index (χ3n) is 6.36. The van der Waals surface area contributed by atoms with Crippen molar-refractivity contribution in [1.82, 2.24) is 4.98 Å². The number of carbonyl (C=O) groups is 1. The van der Waals surface area contributed by atoms with Crippen molar-refractivity contribution >= 4 is 16.7 Å². The molecule has 0 amide bonds. The minimum atomic E-state index is 0.297. The molecule has 4 heteroatoms. The van der Waals surface area contributed by atoms with E-state index in [1.165, 1.54) is 50.1 Å². The van der Waals surface area contributed by atoms with E-state index in [1.807, 2.05) is 19.1 Å². The number of hydrogen-bond acceptors (Lipinski definition) is 1. The van der Waals surface area contributed by atoms with Crippen LogP contribution in [0.15, 0.2) is 24.3 Å². The van der Waals surface area contributed by atoms with Crippen LogP contribution in [0.5, 0.6) is 0 Å². The highest BCUT2D eigenvalue weighted by molar-refractivity contribution is 6.09. The number of piperazine rings is 1. The van der Waals surface area contributed by atoms with E-state index >= 15 is 0 Å². The summed E-state index contributed by atoms with van der Waals surface area (Å²) in [5, 5.41) is 1.08. The van der Waals surface area contributed by atoms with Crippen LogP contribution in [0.2, 0.25) is 0 Å². The van der Waals surface area contributed by atoms with Gasteiger partial charge >= 0.3 is 0 Å². The van der Waals surface area contributed by atoms with Crippen LogP contribution in [0.4, 0.5) is 0 Å². The smallest absolute Gasteiger partial charge is 0.219 e. The Labute approximate surface area is 150 Å². The molecule has 1 aromatic heterocycles. The van der Waals surface area contributed by atoms with Gasteiger partial charge in [-0.3, -0.25) is 4.79 Å². The second-order valence-electron chi connectivity index (χ2n) is 8.01. The van der Waals surface area contributed by atoms with Gasteiger partial charge in [-0.15, -0.1) is 0 Å². The predicted molar refractivity (Wildman–Crippen MR) is 100 cm³/mol. The first-order valence-electron chi connectivity index (χ1n) is 10.0. The highest BCUT2D eigenvalue weighted by Crippen LogP contribution is 2.21. The zero-order valence-corrected chi connectivity index (χ0v) is 15.4. The van der Waals surface area contributed by atoms with Gasteiger partial charge in [0.15, 0.2) is 0 Å². The van der Waals surface area contributed by atoms with Gasteiger partial charge in [0.05, 0.1) is 11.6 Å². The molecule has 0 spiro atoms. The Balaban J connectivity index is 1.38. The fourth-order valence-electron chi connectivity index (χ4n) is 4.97. The van der Waals surface area contributed by atoms with Gasteiger partial charge in [-0.05, 0) is 38.7 Å². The van der Waals surface area contributed by atoms with Crippen LogP contribution in [0.1, 0.15) is 48.2 Å². The minimum absolute atomic E-state index is 0.297. The summed E-state index contributed by atoms with van der Waals surface area (Å²) in [5.74, 6) is 0.297. The number of aryl methyl sites for hydroxylation is 1. The summed E-state index contributed by atoms with van der Waals surface area (Å²) >= 11 is 0. The van der Waals surface area contributed by atoms with Crippen LogP contribution in [0.25, 0.3) is 10.9 Å². The Morgan fingerprint density at radius 1 is 1.08 bits per heavy atom. The Bertz CT molecular complexity index is 737. The number of Topliss-reactive ketones (excluding diaryl/α,β-unsaturated/α-hetero) is 1. The zero-order chi connectivity index (χ0) is 17.2. The molecular weight excluding hydrogens is 310 g/mol. The number of hydrogen-bond donors (Lipinski definition) is 3. The van der Waals surface area contributed by atoms with Crippen molar-refractivity contribution in [3.8, 4) is 0 Å². The molecule has 3 N–H and O–H groups in total. The van der Waals surface area contributed by atoms with E-state index < -0.39 is 0 Å². The highest BCUT2D eigenvalue weighted by atomic mass is 16.1. The maximum Gasteiger partial charge on any atom is 0.219 e. The second-order valence-corrected chi connectivity index (χ2v) is 8.01. The summed E-state index contributed by atoms with van der Waals surface area (Å²) in [4.78, 5) is 19.6. The SMILES string of the molecule is Cc1[nH]c2ccccc2c1C(=O)C[NH+]1CC[NH+](C2CCCCC2)CC1. The molecular formula is C21H31N3O+2. The number of H-pyrrole nitrogens is 1. The molecule has 0 radical (unpaired) electrons. The van der Waals surface area contributed by atoms with Crippen molar-refractivity contribution in [2.75, 3.05) is 32.7 Å². The number of rotatable bonds is 4. The van der Waals surface area contributed by atoms with Crippen LogP contribution in [0, 0.1) is 6.92 Å². The van der Waals surface area contributed by atoms with E-state index in [9.17, 15) is 4.79 Å². The number of nitrogens with one attached hydrogen (secondary N) is 3. The van der Waals surface area contributed by atoms with Crippen LogP contribution < -0.4 is 9.80 Å². The minimum Gasteiger partial charge on any atom is -0.358 e. The van der Waals surface area contributed by atoms with Gasteiger partial charge < -0.3 is 14.8 Å². The number of fused-ring (bicyclic) bond motifs is 1. The Kier molecular flexibility index (Phi) is 4.91. The molecule has 1 aliphatic heterocycles. The largest absolute Gasteiger partial charge is 0.358 e. The summed E-state index contributed by atoms with van der Waals surface area (Å²) in [6.07, 6.45) is 7.10. The molecule has 0 bridgehead atoms. The second kappa shape index (κ2) is 7.30. The maximum atomic E-state index is 12.9. The van der Waals surface area contributed by atoms with Crippen molar-refractivity contribution in [1.29, 1.82) is 0 Å². The molecule has 0 unspecified atom stereocenters. The molecule has 134 valence electrons. The predicted octanol–water partition coefficient (Wildman–Crippen LogP) is 0.775. The fourth-order valence-corrected chi connectivity index (χ4v) is 4.97. The molecule has 2 heterocycles. The van der Waals surface area contributed by atoms with E-state index in [2.05, 4.69) is 17.1 Å². The molecule has 1 saturated heterocycles. The number of quaternary nitrogens is 2. The Morgan fingerprint density at radius 2 is 1.80 bits per heavy atom. The van der Waals surface area contributed by atoms with Crippen molar-refractivity contribution in [2.45, 2.75) is 45.1 Å². The average Bonchev–Trinajstić information content (AvgIpc) is 2.99. The molecule has 2 aromatic rings. The van der Waals surface area contributed by atoms with Gasteiger partial charge in [-0.2, -0.15) is 0 Å². The average molecular weight is 341 g/mol. The topological polar surface area (TPSA) is 41.7 Å². The van der Waals surface area contributed by atoms with Crippen molar-refractivity contribution in [2.24, 2.45) is 0 Å². The standard InChI is InChI=1S/C21H29N3O/c1-16-21(18-9-5-6-10-19(18)22-16)20(25)15-23-11-13-24(14-12-23)17-7-3-2-4-8-17/h5-6,9-10,17,22H,2-4,7-8,11-15H2,1H3/p+2. The van der Waals surface area contributed by atoms with E-state index in [1.54, 1.807) is 4.90 Å². The summed E-state index contributed by atoms with van der Waals surface area (Å²) in [5.41, 5.74) is 2.99. The van der Waals surface area contributed by atoms with Crippen LogP contribution in [0.3, 0.4) is 0 Å². The summed E-state index contributed by atoms with van der Waals surface area (Å²) in [6.45, 7) is 7.41. The van der Waals surface area contributed by atoms with Crippen LogP contribution >= 0.6 is 0 Å². The summed E-state index contributed by atoms with van der Waals surface area (Å²) < 4.78 is 0. The zero-order valence-electron chi connectivity index (χ0n) is 15.4. The lowest BCUT2D eigenvalue weighted by Gasteiger charge is -2.36. The lowest BCUT2D eigenvalue weighted by atomic mass is 9.94. The van der Waals surface area contributed by atoms with Gasteiger partial charge in [0, 0.05) is 16.6 Å². The van der Waals surface area contributed by atoms with Gasteiger partial charge in [-0.25, -0.2) is 0 Å². The molecule has 0 atom stereocenters. The first-order valence-corrected chi connectivity index (χ1v) is 10.0. The third-order valence-corrected chi connectivity index (χ3v) is 6.36. The van der Waals surface area contributed by atoms with E-state index in [4.69, 9.17) is 0 Å². The first kappa shape index (κ1) is 16.8. The normalized spacial score (nSPS) is 25.3. The fraction of sp³-hybridized carbons (Fsp3) is 0.571. The van der Waals surface area contributed by atoms with E-state index in [0.717, 1.165) is 41.3 Å². The first-order chi connectivity index (χ1) is 12.2. The number of aromatic amines is 1. The molecule has 2 fully saturated rings. The molecule has 2 aliphatic rings. The lowest BCUT2D eigenvalue weighted by molar-refractivity contribution is -1.02. The number of aromatic nitrogens is 1. The number of para-hydroxylation sites is 1. The lowest BCUT2D eigenvalue weighted by Crippen LogP contribution is -3.30. The van der Waals surface area contributed by atoms with Gasteiger partial charge in [0.2, 0.25) is 5.78 Å². The molecule has 4 nitrogen and oxygen atoms in total. The van der Waals surface area contributed by atoms with Crippen molar-refractivity contribution < 1.29 is 14.6 Å². The monoisotopic (exact) mass is 341 g/mol. The van der Waals surface area contributed by atoms with Crippen molar-refractivity contribution in [3.63, 3.8) is 0 Å². The highest BCUT2D eigenvalue weighted by Gasteiger charge is 2.31. The van der Waals surface area contributed by atoms with Gasteiger partial charge in [0.25, 0.3) is 0 Å². The quantitative estimate of drug-likeness (QED) is 0.707. The molecule has 1 aromatic carbocycles. The molecule has 25 heavy (non-hydrogen) atoms. The van der Waals surface area contributed by atoms with E-state index in [0.29, 0.717) is 12.3 Å². The molecule has 1 aliphatic carbocycles. The Hall–Kier alpha value is -1.65. The molecule has 4 rings (SSSR count). The summed E-state index contributed by atoms with van der Waals surface area (Å²) in [6, 6.07) is 9.04. The third kappa shape index (κ3) is 3.51. The number of carbonyl (C=O) groups excluding carboxylic acids is 1. The molecule has 1 saturated carbocycles. The number of ketones is 1. The van der Waals surface area contributed by atoms with E-state index in [-0.39, 0.29) is 0 Å². The van der Waals surface area contributed by atoms with Crippen molar-refractivity contribution in [3.05, 3.63) is 35.5 Å². The Morgan fingerprint density at radius 3 is 2.56 bits per heavy atom. The van der Waals surface area contributed by atoms with Gasteiger partial charge in [-0.1, -0.05) is 24.6 Å². The van der Waals surface area contributed by atoms with Gasteiger partial charge in [0.1, 0.15) is 32.7 Å². The van der Waals surface area contributed by atoms with Crippen LogP contribution in [-0.4, -0.2) is 49.5 Å².